The van der Waals surface area contributed by atoms with Crippen LogP contribution in [-0.2, 0) is 18.4 Å². The van der Waals surface area contributed by atoms with Gasteiger partial charge < -0.3 is 20.8 Å². The number of allylic oxidation sites excluding steroid dienone is 13. The van der Waals surface area contributed by atoms with Crippen LogP contribution in [0.3, 0.4) is 0 Å². The van der Waals surface area contributed by atoms with Crippen molar-refractivity contribution in [2.45, 2.75) is 174 Å². The number of nitrogens with two attached hydrogens (primary N) is 1. The second-order valence-electron chi connectivity index (χ2n) is 14.1. The molecule has 0 bridgehead atoms. The summed E-state index contributed by atoms with van der Waals surface area (Å²) in [5, 5.41) is 18.5. The van der Waals surface area contributed by atoms with Crippen LogP contribution in [0, 0.1) is 0 Å². The van der Waals surface area contributed by atoms with E-state index in [0.29, 0.717) is 0 Å². The van der Waals surface area contributed by atoms with E-state index in [1.165, 1.54) is 134 Å². The van der Waals surface area contributed by atoms with Crippen molar-refractivity contribution in [1.29, 1.82) is 0 Å². The number of rotatable bonds is 38. The predicted molar refractivity (Wildman–Crippen MR) is 228 cm³/mol. The molecule has 310 valence electrons. The number of aliphatic hydroxyl groups excluding tert-OH is 2. The first-order valence-corrected chi connectivity index (χ1v) is 22.7. The van der Waals surface area contributed by atoms with Gasteiger partial charge in [-0.05, 0) is 31.8 Å². The molecule has 0 rings (SSSR count). The molecule has 0 spiro atoms. The first kappa shape index (κ1) is 51.8. The van der Waals surface area contributed by atoms with Crippen LogP contribution >= 0.6 is 7.82 Å². The molecular formula is C45H78NO7P. The van der Waals surface area contributed by atoms with Gasteiger partial charge in [0.1, 0.15) is 12.2 Å². The Kier molecular flexibility index (Phi) is 37.5. The lowest BCUT2D eigenvalue weighted by Crippen LogP contribution is -2.29. The molecular weight excluding hydrogens is 697 g/mol. The molecule has 0 aromatic rings. The number of hydrogen-bond donors (Lipinski definition) is 4. The molecule has 2 unspecified atom stereocenters. The molecule has 0 aromatic heterocycles. The monoisotopic (exact) mass is 776 g/mol. The highest BCUT2D eigenvalue weighted by atomic mass is 31.2. The quantitative estimate of drug-likeness (QED) is 0.0210. The number of carbonyl (C=O) groups excluding carboxylic acids is 1. The van der Waals surface area contributed by atoms with E-state index in [1.54, 1.807) is 18.2 Å². The maximum atomic E-state index is 13.3. The molecule has 9 heteroatoms. The van der Waals surface area contributed by atoms with Gasteiger partial charge in [-0.3, -0.25) is 13.8 Å². The van der Waals surface area contributed by atoms with E-state index in [0.717, 1.165) is 25.7 Å². The highest BCUT2D eigenvalue weighted by molar-refractivity contribution is 7.47. The van der Waals surface area contributed by atoms with Crippen LogP contribution in [0.25, 0.3) is 0 Å². The maximum absolute atomic E-state index is 13.3. The average molecular weight is 776 g/mol. The van der Waals surface area contributed by atoms with Crippen LogP contribution in [0.1, 0.15) is 162 Å². The molecule has 0 heterocycles. The third-order valence-electron chi connectivity index (χ3n) is 9.02. The van der Waals surface area contributed by atoms with Crippen molar-refractivity contribution in [3.8, 4) is 0 Å². The Morgan fingerprint density at radius 2 is 1.04 bits per heavy atom. The minimum atomic E-state index is -4.70. The molecule has 0 aliphatic carbocycles. The van der Waals surface area contributed by atoms with E-state index in [4.69, 9.17) is 19.9 Å². The molecule has 0 aromatic carbocycles. The van der Waals surface area contributed by atoms with Crippen LogP contribution in [0.2, 0.25) is 0 Å². The minimum Gasteiger partial charge on any atom is -0.394 e. The molecule has 54 heavy (non-hydrogen) atoms. The normalized spacial score (nSPS) is 15.3. The van der Waals surface area contributed by atoms with Crippen molar-refractivity contribution >= 4 is 13.6 Å². The van der Waals surface area contributed by atoms with Crippen molar-refractivity contribution in [3.63, 3.8) is 0 Å². The van der Waals surface area contributed by atoms with Gasteiger partial charge in [-0.2, -0.15) is 0 Å². The van der Waals surface area contributed by atoms with Crippen molar-refractivity contribution in [1.82, 2.24) is 0 Å². The first-order valence-electron chi connectivity index (χ1n) is 21.2. The zero-order valence-corrected chi connectivity index (χ0v) is 34.9. The zero-order valence-electron chi connectivity index (χ0n) is 34.0. The molecule has 0 saturated carbocycles. The summed E-state index contributed by atoms with van der Waals surface area (Å²) in [6.07, 6.45) is 50.4. The van der Waals surface area contributed by atoms with Gasteiger partial charge in [0.05, 0.1) is 13.2 Å². The van der Waals surface area contributed by atoms with Crippen molar-refractivity contribution in [2.24, 2.45) is 5.73 Å². The smallest absolute Gasteiger partial charge is 0.394 e. The minimum absolute atomic E-state index is 0.0988. The number of hydrogen-bond acceptors (Lipinski definition) is 7. The second kappa shape index (κ2) is 39.1. The topological polar surface area (TPSA) is 139 Å². The van der Waals surface area contributed by atoms with Gasteiger partial charge in [0.25, 0.3) is 0 Å². The van der Waals surface area contributed by atoms with E-state index in [2.05, 4.69) is 26.0 Å². The Hall–Kier alpha value is -2.16. The lowest BCUT2D eigenvalue weighted by atomic mass is 10.0. The van der Waals surface area contributed by atoms with Crippen molar-refractivity contribution in [2.75, 3.05) is 19.8 Å². The van der Waals surface area contributed by atoms with Crippen LogP contribution in [0.15, 0.2) is 84.6 Å². The van der Waals surface area contributed by atoms with Gasteiger partial charge >= 0.3 is 7.82 Å². The molecule has 0 amide bonds. The fourth-order valence-corrected chi connectivity index (χ4v) is 6.69. The summed E-state index contributed by atoms with van der Waals surface area (Å²) < 4.78 is 22.6. The van der Waals surface area contributed by atoms with Gasteiger partial charge in [0.15, 0.2) is 5.78 Å². The van der Waals surface area contributed by atoms with Crippen LogP contribution in [-0.4, -0.2) is 52.9 Å². The molecule has 5 N–H and O–H groups in total. The summed E-state index contributed by atoms with van der Waals surface area (Å²) in [4.78, 5) is 23.5. The Morgan fingerprint density at radius 3 is 1.48 bits per heavy atom. The van der Waals surface area contributed by atoms with E-state index in [-0.39, 0.29) is 17.9 Å². The van der Waals surface area contributed by atoms with E-state index in [1.807, 2.05) is 36.5 Å². The number of carbonyl (C=O) groups is 1. The lowest BCUT2D eigenvalue weighted by molar-refractivity contribution is -0.112. The second-order valence-corrected chi connectivity index (χ2v) is 15.5. The summed E-state index contributed by atoms with van der Waals surface area (Å²) in [5.74, 6) is -0.384. The van der Waals surface area contributed by atoms with Crippen LogP contribution < -0.4 is 5.73 Å². The SMILES string of the molecule is CCCCCCCCCC=CC=CC=CC=CC=CC=C(C(=O)/C=C\CCCCCCCCCCCCCCCC)C(CN)OP(=O)(O)OC[C@H](O)CO. The zero-order chi connectivity index (χ0) is 39.8. The van der Waals surface area contributed by atoms with E-state index < -0.39 is 33.2 Å². The van der Waals surface area contributed by atoms with Gasteiger partial charge in [-0.25, -0.2) is 4.57 Å². The standard InChI is InChI=1S/C45H78NO7P/c1-3-5-7-9-11-13-15-17-19-21-22-23-25-27-29-31-33-35-37-43(45(39-46)53-54(50,51)52-41-42(48)40-47)44(49)38-36-34-32-30-28-26-24-20-18-16-14-12-10-8-6-4-2/h19,21-23,25,27,29,31,33,35-38,42,45,47-48H,3-18,20,24,26,28,30,32,34,39-41,46H2,1-2H3,(H,50,51)/b21-19?,23-22?,27-25?,31-29?,35-33?,38-36-,43-37?/t42-,45?/m1/s1. The highest BCUT2D eigenvalue weighted by Crippen LogP contribution is 2.45. The molecule has 0 radical (unpaired) electrons. The number of ketones is 1. The van der Waals surface area contributed by atoms with Crippen LogP contribution in [0.5, 0.6) is 0 Å². The largest absolute Gasteiger partial charge is 0.472 e. The van der Waals surface area contributed by atoms with Gasteiger partial charge in [-0.1, -0.05) is 209 Å². The van der Waals surface area contributed by atoms with E-state index in [9.17, 15) is 19.4 Å². The van der Waals surface area contributed by atoms with Gasteiger partial charge in [-0.15, -0.1) is 0 Å². The fraction of sp³-hybridized carbons (Fsp3) is 0.667. The maximum Gasteiger partial charge on any atom is 0.472 e. The fourth-order valence-electron chi connectivity index (χ4n) is 5.74. The number of unbranched alkanes of at least 4 members (excludes halogenated alkanes) is 21. The lowest BCUT2D eigenvalue weighted by Gasteiger charge is -2.21. The Bertz CT molecular complexity index is 1140. The molecule has 0 fully saturated rings. The van der Waals surface area contributed by atoms with Gasteiger partial charge in [0.2, 0.25) is 0 Å². The van der Waals surface area contributed by atoms with Crippen molar-refractivity contribution in [3.05, 3.63) is 84.6 Å². The molecule has 0 aliphatic rings. The predicted octanol–water partition coefficient (Wildman–Crippen LogP) is 11.6. The third kappa shape index (κ3) is 34.3. The summed E-state index contributed by atoms with van der Waals surface area (Å²) in [6.45, 7) is 2.98. The van der Waals surface area contributed by atoms with Crippen molar-refractivity contribution < 1.29 is 33.5 Å². The number of aliphatic hydroxyl groups is 2. The molecule has 3 atom stereocenters. The summed E-state index contributed by atoms with van der Waals surface area (Å²) in [7, 11) is -4.70. The Labute approximate surface area is 330 Å². The number of phosphoric acid groups is 1. The Balaban J connectivity index is 4.93. The molecule has 0 aliphatic heterocycles. The molecule has 8 nitrogen and oxygen atoms in total. The number of phosphoric ester groups is 1. The van der Waals surface area contributed by atoms with E-state index >= 15 is 0 Å². The van der Waals surface area contributed by atoms with Gasteiger partial charge in [0, 0.05) is 12.1 Å². The summed E-state index contributed by atoms with van der Waals surface area (Å²) >= 11 is 0. The highest BCUT2D eigenvalue weighted by Gasteiger charge is 2.30. The Morgan fingerprint density at radius 1 is 0.630 bits per heavy atom. The summed E-state index contributed by atoms with van der Waals surface area (Å²) in [6, 6.07) is 0. The first-order chi connectivity index (χ1) is 26.3. The summed E-state index contributed by atoms with van der Waals surface area (Å²) in [5.41, 5.74) is 5.98. The third-order valence-corrected chi connectivity index (χ3v) is 10.0. The average Bonchev–Trinajstić information content (AvgIpc) is 3.16. The molecule has 0 saturated heterocycles. The van der Waals surface area contributed by atoms with Crippen LogP contribution in [0.4, 0.5) is 0 Å².